The third-order valence-electron chi connectivity index (χ3n) is 4.82. The third kappa shape index (κ3) is 5.49. The second kappa shape index (κ2) is 10.3. The van der Waals surface area contributed by atoms with Gasteiger partial charge in [-0.15, -0.1) is 22.7 Å². The van der Waals surface area contributed by atoms with Gasteiger partial charge in [0.1, 0.15) is 5.01 Å². The van der Waals surface area contributed by atoms with Crippen molar-refractivity contribution in [3.8, 4) is 21.1 Å². The molecular weight excluding hydrogens is 440 g/mol. The molecule has 1 amide bonds. The second-order valence-corrected chi connectivity index (χ2v) is 9.20. The first-order valence-corrected chi connectivity index (χ1v) is 11.9. The molecule has 5 nitrogen and oxygen atoms in total. The Morgan fingerprint density at radius 1 is 1.00 bits per heavy atom. The molecule has 162 valence electrons. The van der Waals surface area contributed by atoms with Crippen LogP contribution in [0.1, 0.15) is 23.4 Å². The number of amides is 1. The number of carbonyl (C=O) groups excluding carboxylic acids is 2. The van der Waals surface area contributed by atoms with Crippen molar-refractivity contribution in [2.75, 3.05) is 6.61 Å². The molecule has 2 heterocycles. The largest absolute Gasteiger partial charge is 0.455 e. The van der Waals surface area contributed by atoms with Crippen LogP contribution in [0.5, 0.6) is 0 Å². The van der Waals surface area contributed by atoms with Crippen molar-refractivity contribution in [1.82, 2.24) is 10.3 Å². The lowest BCUT2D eigenvalue weighted by atomic mass is 10.1. The van der Waals surface area contributed by atoms with Gasteiger partial charge in [0.2, 0.25) is 0 Å². The molecule has 1 N–H and O–H groups in total. The van der Waals surface area contributed by atoms with E-state index in [1.807, 2.05) is 85.1 Å². The number of ether oxygens (including phenoxy) is 1. The smallest absolute Gasteiger partial charge is 0.311 e. The number of benzene rings is 2. The summed E-state index contributed by atoms with van der Waals surface area (Å²) in [5.74, 6) is -0.781. The Balaban J connectivity index is 1.40. The van der Waals surface area contributed by atoms with Gasteiger partial charge in [0, 0.05) is 10.4 Å². The number of esters is 1. The van der Waals surface area contributed by atoms with Crippen LogP contribution in [-0.2, 0) is 20.7 Å². The van der Waals surface area contributed by atoms with Gasteiger partial charge in [-0.2, -0.15) is 0 Å². The van der Waals surface area contributed by atoms with E-state index in [1.165, 1.54) is 11.3 Å². The lowest BCUT2D eigenvalue weighted by molar-refractivity contribution is -0.148. The fourth-order valence-corrected chi connectivity index (χ4v) is 5.09. The van der Waals surface area contributed by atoms with Gasteiger partial charge in [0.25, 0.3) is 5.91 Å². The molecule has 0 fully saturated rings. The molecule has 0 radical (unpaired) electrons. The normalized spacial score (nSPS) is 11.7. The van der Waals surface area contributed by atoms with Gasteiger partial charge < -0.3 is 10.1 Å². The number of nitrogens with one attached hydrogen (secondary N) is 1. The molecular formula is C25H22N2O3S2. The van der Waals surface area contributed by atoms with Crippen molar-refractivity contribution < 1.29 is 14.3 Å². The Bertz CT molecular complexity index is 1170. The van der Waals surface area contributed by atoms with Crippen LogP contribution in [0.15, 0.2) is 78.2 Å². The van der Waals surface area contributed by atoms with E-state index in [1.54, 1.807) is 11.3 Å². The molecule has 0 saturated heterocycles. The van der Waals surface area contributed by atoms with E-state index in [9.17, 15) is 9.59 Å². The lowest BCUT2D eigenvalue weighted by Crippen LogP contribution is -2.31. The highest BCUT2D eigenvalue weighted by atomic mass is 32.1. The monoisotopic (exact) mass is 462 g/mol. The minimum Gasteiger partial charge on any atom is -0.455 e. The second-order valence-electron chi connectivity index (χ2n) is 7.17. The summed E-state index contributed by atoms with van der Waals surface area (Å²) in [6.45, 7) is 1.58. The maximum atomic E-state index is 12.5. The molecule has 4 aromatic rings. The van der Waals surface area contributed by atoms with Gasteiger partial charge in [-0.3, -0.25) is 9.59 Å². The van der Waals surface area contributed by atoms with Gasteiger partial charge in [-0.1, -0.05) is 66.7 Å². The van der Waals surface area contributed by atoms with Crippen molar-refractivity contribution in [2.24, 2.45) is 0 Å². The maximum Gasteiger partial charge on any atom is 0.311 e. The number of carbonyl (C=O) groups is 2. The number of hydrogen-bond acceptors (Lipinski definition) is 6. The van der Waals surface area contributed by atoms with E-state index in [0.717, 1.165) is 31.6 Å². The van der Waals surface area contributed by atoms with Crippen LogP contribution in [0, 0.1) is 0 Å². The van der Waals surface area contributed by atoms with E-state index < -0.39 is 5.97 Å². The van der Waals surface area contributed by atoms with E-state index in [4.69, 9.17) is 9.72 Å². The van der Waals surface area contributed by atoms with Crippen LogP contribution in [0.4, 0.5) is 0 Å². The van der Waals surface area contributed by atoms with Crippen LogP contribution in [-0.4, -0.2) is 23.5 Å². The zero-order valence-electron chi connectivity index (χ0n) is 17.5. The third-order valence-corrected chi connectivity index (χ3v) is 6.80. The summed E-state index contributed by atoms with van der Waals surface area (Å²) >= 11 is 3.05. The van der Waals surface area contributed by atoms with Gasteiger partial charge in [-0.05, 0) is 23.9 Å². The van der Waals surface area contributed by atoms with E-state index in [2.05, 4.69) is 5.32 Å². The number of thiophene rings is 1. The van der Waals surface area contributed by atoms with Gasteiger partial charge in [0.05, 0.1) is 23.0 Å². The van der Waals surface area contributed by atoms with Crippen molar-refractivity contribution in [1.29, 1.82) is 0 Å². The molecule has 0 saturated carbocycles. The number of thiazole rings is 1. The first-order chi connectivity index (χ1) is 15.6. The number of nitrogens with zero attached hydrogens (tertiary/aromatic N) is 1. The Labute approximate surface area is 194 Å². The zero-order chi connectivity index (χ0) is 22.3. The quantitative estimate of drug-likeness (QED) is 0.351. The summed E-state index contributed by atoms with van der Waals surface area (Å²) in [5.41, 5.74) is 2.79. The fourth-order valence-electron chi connectivity index (χ4n) is 3.22. The van der Waals surface area contributed by atoms with Crippen LogP contribution < -0.4 is 5.32 Å². The molecule has 0 spiro atoms. The first kappa shape index (κ1) is 21.9. The predicted octanol–water partition coefficient (Wildman–Crippen LogP) is 5.50. The maximum absolute atomic E-state index is 12.5. The summed E-state index contributed by atoms with van der Waals surface area (Å²) < 4.78 is 5.26. The van der Waals surface area contributed by atoms with Crippen LogP contribution in [0.2, 0.25) is 0 Å². The molecule has 32 heavy (non-hydrogen) atoms. The summed E-state index contributed by atoms with van der Waals surface area (Å²) in [7, 11) is 0. The molecule has 0 aliphatic carbocycles. The standard InChI is InChI=1S/C25H22N2O3S2/c1-17(18-9-4-2-5-10-18)26-22(28)16-30-23(29)15-21-24(20-13-8-14-31-20)27-25(32-21)19-11-6-3-7-12-19/h2-14,17H,15-16H2,1H3,(H,26,28)/t17-/m1/s1. The van der Waals surface area contributed by atoms with Crippen molar-refractivity contribution in [3.63, 3.8) is 0 Å². The van der Waals surface area contributed by atoms with E-state index in [0.29, 0.717) is 0 Å². The highest BCUT2D eigenvalue weighted by molar-refractivity contribution is 7.17. The molecule has 1 atom stereocenters. The van der Waals surface area contributed by atoms with Crippen molar-refractivity contribution in [2.45, 2.75) is 19.4 Å². The molecule has 4 rings (SSSR count). The minimum absolute atomic E-state index is 0.0687. The highest BCUT2D eigenvalue weighted by Gasteiger charge is 2.19. The van der Waals surface area contributed by atoms with Gasteiger partial charge >= 0.3 is 5.97 Å². The fraction of sp³-hybridized carbons (Fsp3) is 0.160. The van der Waals surface area contributed by atoms with Crippen molar-refractivity contribution >= 4 is 34.6 Å². The number of hydrogen-bond donors (Lipinski definition) is 1. The van der Waals surface area contributed by atoms with E-state index in [-0.39, 0.29) is 25.0 Å². The number of rotatable bonds is 8. The summed E-state index contributed by atoms with van der Waals surface area (Å²) in [5, 5.41) is 5.69. The van der Waals surface area contributed by atoms with Crippen LogP contribution in [0.3, 0.4) is 0 Å². The summed E-state index contributed by atoms with van der Waals surface area (Å²) in [6, 6.07) is 23.3. The minimum atomic E-state index is -0.450. The highest BCUT2D eigenvalue weighted by Crippen LogP contribution is 2.36. The zero-order valence-corrected chi connectivity index (χ0v) is 19.1. The van der Waals surface area contributed by atoms with Gasteiger partial charge in [0.15, 0.2) is 6.61 Å². The molecule has 7 heteroatoms. The van der Waals surface area contributed by atoms with E-state index >= 15 is 0 Å². The molecule has 0 aliphatic heterocycles. The molecule has 0 aliphatic rings. The Morgan fingerprint density at radius 2 is 1.72 bits per heavy atom. The topological polar surface area (TPSA) is 68.3 Å². The summed E-state index contributed by atoms with van der Waals surface area (Å²) in [4.78, 5) is 31.4. The Kier molecular flexibility index (Phi) is 7.09. The molecule has 0 unspecified atom stereocenters. The lowest BCUT2D eigenvalue weighted by Gasteiger charge is -2.14. The van der Waals surface area contributed by atoms with Crippen LogP contribution >= 0.6 is 22.7 Å². The molecule has 2 aromatic carbocycles. The number of aromatic nitrogens is 1. The first-order valence-electron chi connectivity index (χ1n) is 10.2. The van der Waals surface area contributed by atoms with Crippen LogP contribution in [0.25, 0.3) is 21.1 Å². The molecule has 0 bridgehead atoms. The van der Waals surface area contributed by atoms with Crippen molar-refractivity contribution in [3.05, 3.63) is 88.6 Å². The molecule has 2 aromatic heterocycles. The SMILES string of the molecule is C[C@@H](NC(=O)COC(=O)Cc1sc(-c2ccccc2)nc1-c1cccs1)c1ccccc1. The Hall–Kier alpha value is -3.29. The Morgan fingerprint density at radius 3 is 2.41 bits per heavy atom. The average Bonchev–Trinajstić information content (AvgIpc) is 3.49. The summed E-state index contributed by atoms with van der Waals surface area (Å²) in [6.07, 6.45) is 0.0687. The van der Waals surface area contributed by atoms with Gasteiger partial charge in [-0.25, -0.2) is 4.98 Å². The predicted molar refractivity (Wildman–Crippen MR) is 129 cm³/mol. The average molecular weight is 463 g/mol.